The Morgan fingerprint density at radius 3 is 2.25 bits per heavy atom. The van der Waals surface area contributed by atoms with Crippen LogP contribution in [0.2, 0.25) is 0 Å². The topological polar surface area (TPSA) is 38.3 Å². The number of ether oxygens (including phenoxy) is 1. The first-order chi connectivity index (χ1) is 9.60. The number of benzene rings is 1. The lowest BCUT2D eigenvalue weighted by atomic mass is 9.84. The molecule has 1 N–H and O–H groups in total. The van der Waals surface area contributed by atoms with Crippen molar-refractivity contribution in [1.82, 2.24) is 5.32 Å². The van der Waals surface area contributed by atoms with Crippen molar-refractivity contribution in [2.75, 3.05) is 19.0 Å². The Bertz CT molecular complexity index is 405. The van der Waals surface area contributed by atoms with Gasteiger partial charge in [-0.05, 0) is 44.0 Å². The maximum atomic E-state index is 12.1. The molecule has 1 aromatic rings. The number of alkyl halides is 1. The molecule has 4 heteroatoms. The molecule has 112 valence electrons. The highest BCUT2D eigenvalue weighted by atomic mass is 35.5. The van der Waals surface area contributed by atoms with Gasteiger partial charge in [-0.1, -0.05) is 13.8 Å². The van der Waals surface area contributed by atoms with E-state index in [1.165, 1.54) is 0 Å². The van der Waals surface area contributed by atoms with Crippen LogP contribution in [-0.2, 0) is 0 Å². The van der Waals surface area contributed by atoms with E-state index in [1.54, 1.807) is 12.1 Å². The number of nitrogens with one attached hydrogen (secondary N) is 1. The fourth-order valence-electron chi connectivity index (χ4n) is 1.98. The van der Waals surface area contributed by atoms with E-state index in [-0.39, 0.29) is 11.3 Å². The molecule has 0 aliphatic carbocycles. The van der Waals surface area contributed by atoms with Crippen molar-refractivity contribution in [3.63, 3.8) is 0 Å². The number of amides is 1. The van der Waals surface area contributed by atoms with Gasteiger partial charge in [0.1, 0.15) is 5.75 Å². The van der Waals surface area contributed by atoms with Crippen LogP contribution < -0.4 is 10.1 Å². The number of hydrogen-bond donors (Lipinski definition) is 1. The molecule has 0 saturated carbocycles. The van der Waals surface area contributed by atoms with Crippen LogP contribution in [0.25, 0.3) is 0 Å². The lowest BCUT2D eigenvalue weighted by Gasteiger charge is -2.29. The second-order valence-corrected chi connectivity index (χ2v) is 5.25. The Morgan fingerprint density at radius 1 is 1.20 bits per heavy atom. The third-order valence-electron chi connectivity index (χ3n) is 3.83. The van der Waals surface area contributed by atoms with E-state index in [0.717, 1.165) is 18.6 Å². The average molecular weight is 298 g/mol. The molecule has 0 spiro atoms. The molecule has 0 aromatic heterocycles. The van der Waals surface area contributed by atoms with E-state index in [9.17, 15) is 4.79 Å². The molecule has 0 heterocycles. The Labute approximate surface area is 126 Å². The second-order valence-electron chi connectivity index (χ2n) is 4.98. The number of hydrogen-bond acceptors (Lipinski definition) is 2. The zero-order chi connectivity index (χ0) is 15.0. The Hall–Kier alpha value is -1.22. The number of carbonyl (C=O) groups is 1. The highest BCUT2D eigenvalue weighted by Gasteiger charge is 2.25. The van der Waals surface area contributed by atoms with Crippen LogP contribution in [-0.4, -0.2) is 24.9 Å². The Kier molecular flexibility index (Phi) is 6.86. The van der Waals surface area contributed by atoms with Gasteiger partial charge in [-0.15, -0.1) is 11.6 Å². The molecule has 1 rings (SSSR count). The van der Waals surface area contributed by atoms with Crippen molar-refractivity contribution in [2.45, 2.75) is 33.6 Å². The van der Waals surface area contributed by atoms with E-state index in [0.29, 0.717) is 24.6 Å². The number of carbonyl (C=O) groups excluding carboxylic acids is 1. The number of halogens is 1. The van der Waals surface area contributed by atoms with Crippen LogP contribution in [0, 0.1) is 5.41 Å². The zero-order valence-electron chi connectivity index (χ0n) is 12.5. The first kappa shape index (κ1) is 16.8. The van der Waals surface area contributed by atoms with Crippen molar-refractivity contribution in [2.24, 2.45) is 5.41 Å². The van der Waals surface area contributed by atoms with E-state index in [1.807, 2.05) is 19.1 Å². The van der Waals surface area contributed by atoms with Gasteiger partial charge in [0.15, 0.2) is 0 Å². The minimum absolute atomic E-state index is 0.0114. The lowest BCUT2D eigenvalue weighted by Crippen LogP contribution is -2.38. The van der Waals surface area contributed by atoms with Gasteiger partial charge in [0, 0.05) is 23.4 Å². The summed E-state index contributed by atoms with van der Waals surface area (Å²) in [5.41, 5.74) is 0.631. The van der Waals surface area contributed by atoms with Gasteiger partial charge in [0.25, 0.3) is 5.91 Å². The summed E-state index contributed by atoms with van der Waals surface area (Å²) in [6.07, 6.45) is 1.91. The largest absolute Gasteiger partial charge is 0.494 e. The van der Waals surface area contributed by atoms with Crippen LogP contribution in [0.3, 0.4) is 0 Å². The summed E-state index contributed by atoms with van der Waals surface area (Å²) >= 11 is 6.04. The minimum Gasteiger partial charge on any atom is -0.494 e. The first-order valence-corrected chi connectivity index (χ1v) is 7.71. The lowest BCUT2D eigenvalue weighted by molar-refractivity contribution is 0.0932. The molecule has 0 atom stereocenters. The van der Waals surface area contributed by atoms with Crippen LogP contribution >= 0.6 is 11.6 Å². The summed E-state index contributed by atoms with van der Waals surface area (Å²) < 4.78 is 5.36. The second kappa shape index (κ2) is 8.15. The summed E-state index contributed by atoms with van der Waals surface area (Å²) in [5, 5.41) is 2.98. The van der Waals surface area contributed by atoms with Crippen molar-refractivity contribution < 1.29 is 9.53 Å². The number of rotatable bonds is 8. The van der Waals surface area contributed by atoms with E-state index >= 15 is 0 Å². The summed E-state index contributed by atoms with van der Waals surface area (Å²) in [5.74, 6) is 1.27. The molecule has 0 bridgehead atoms. The van der Waals surface area contributed by atoms with Crippen molar-refractivity contribution in [1.29, 1.82) is 0 Å². The van der Waals surface area contributed by atoms with Crippen LogP contribution in [0.4, 0.5) is 0 Å². The third kappa shape index (κ3) is 4.41. The molecule has 1 aromatic carbocycles. The monoisotopic (exact) mass is 297 g/mol. The molecule has 0 aliphatic rings. The fourth-order valence-corrected chi connectivity index (χ4v) is 2.45. The van der Waals surface area contributed by atoms with Crippen LogP contribution in [0.5, 0.6) is 5.75 Å². The summed E-state index contributed by atoms with van der Waals surface area (Å²) in [6, 6.07) is 7.18. The highest BCUT2D eigenvalue weighted by Crippen LogP contribution is 2.27. The van der Waals surface area contributed by atoms with Gasteiger partial charge in [-0.25, -0.2) is 0 Å². The van der Waals surface area contributed by atoms with Crippen molar-refractivity contribution in [3.8, 4) is 5.75 Å². The highest BCUT2D eigenvalue weighted by molar-refractivity contribution is 6.18. The van der Waals surface area contributed by atoms with Crippen LogP contribution in [0.15, 0.2) is 24.3 Å². The molecule has 1 amide bonds. The van der Waals surface area contributed by atoms with E-state index < -0.39 is 0 Å². The minimum atomic E-state index is -0.0653. The normalized spacial score (nSPS) is 11.2. The van der Waals surface area contributed by atoms with Gasteiger partial charge < -0.3 is 10.1 Å². The molecule has 20 heavy (non-hydrogen) atoms. The molecule has 0 unspecified atom stereocenters. The molecule has 0 fully saturated rings. The van der Waals surface area contributed by atoms with Gasteiger partial charge in [-0.2, -0.15) is 0 Å². The Balaban J connectivity index is 2.62. The SMILES string of the molecule is CCOc1ccc(C(=O)NCC(CC)(CC)CCl)cc1. The molecule has 0 saturated heterocycles. The van der Waals surface area contributed by atoms with Crippen molar-refractivity contribution >= 4 is 17.5 Å². The summed E-state index contributed by atoms with van der Waals surface area (Å²) in [7, 11) is 0. The average Bonchev–Trinajstić information content (AvgIpc) is 2.50. The molecule has 0 radical (unpaired) electrons. The Morgan fingerprint density at radius 2 is 1.80 bits per heavy atom. The molecule has 0 aliphatic heterocycles. The maximum absolute atomic E-state index is 12.1. The van der Waals surface area contributed by atoms with Crippen LogP contribution in [0.1, 0.15) is 44.0 Å². The molecular formula is C16H24ClNO2. The van der Waals surface area contributed by atoms with E-state index in [4.69, 9.17) is 16.3 Å². The quantitative estimate of drug-likeness (QED) is 0.740. The van der Waals surface area contributed by atoms with E-state index in [2.05, 4.69) is 19.2 Å². The standard InChI is InChI=1S/C16H24ClNO2/c1-4-16(5-2,11-17)12-18-15(19)13-7-9-14(10-8-13)20-6-3/h7-10H,4-6,11-12H2,1-3H3,(H,18,19). The van der Waals surface area contributed by atoms with Gasteiger partial charge in [0.2, 0.25) is 0 Å². The first-order valence-electron chi connectivity index (χ1n) is 7.17. The predicted octanol–water partition coefficient (Wildman–Crippen LogP) is 3.86. The molecule has 3 nitrogen and oxygen atoms in total. The predicted molar refractivity (Wildman–Crippen MR) is 83.7 cm³/mol. The van der Waals surface area contributed by atoms with Gasteiger partial charge >= 0.3 is 0 Å². The summed E-state index contributed by atoms with van der Waals surface area (Å²) in [4.78, 5) is 12.1. The maximum Gasteiger partial charge on any atom is 0.251 e. The molecular weight excluding hydrogens is 274 g/mol. The van der Waals surface area contributed by atoms with Crippen molar-refractivity contribution in [3.05, 3.63) is 29.8 Å². The van der Waals surface area contributed by atoms with Gasteiger partial charge in [0.05, 0.1) is 6.61 Å². The smallest absolute Gasteiger partial charge is 0.251 e. The third-order valence-corrected chi connectivity index (χ3v) is 4.40. The van der Waals surface area contributed by atoms with Gasteiger partial charge in [-0.3, -0.25) is 4.79 Å². The zero-order valence-corrected chi connectivity index (χ0v) is 13.3. The summed E-state index contributed by atoms with van der Waals surface area (Å²) in [6.45, 7) is 7.37. The fraction of sp³-hybridized carbons (Fsp3) is 0.562.